The van der Waals surface area contributed by atoms with Crippen molar-refractivity contribution in [2.24, 2.45) is 5.92 Å². The molecule has 108 valence electrons. The van der Waals surface area contributed by atoms with Gasteiger partial charge in [-0.25, -0.2) is 4.98 Å². The molecule has 0 spiro atoms. The van der Waals surface area contributed by atoms with E-state index in [2.05, 4.69) is 42.6 Å². The molecule has 0 aliphatic carbocycles. The van der Waals surface area contributed by atoms with Gasteiger partial charge >= 0.3 is 0 Å². The largest absolute Gasteiger partial charge is 0.381 e. The molecule has 1 aromatic rings. The van der Waals surface area contributed by atoms with Crippen molar-refractivity contribution in [3.8, 4) is 0 Å². The lowest BCUT2D eigenvalue weighted by Crippen LogP contribution is -2.36. The van der Waals surface area contributed by atoms with E-state index in [1.54, 1.807) is 0 Å². The summed E-state index contributed by atoms with van der Waals surface area (Å²) in [4.78, 5) is 4.47. The smallest absolute Gasteiger partial charge is 0.105 e. The van der Waals surface area contributed by atoms with Crippen LogP contribution in [0.5, 0.6) is 0 Å². The summed E-state index contributed by atoms with van der Waals surface area (Å²) in [5.41, 5.74) is 1.43. The van der Waals surface area contributed by atoms with Crippen LogP contribution in [-0.2, 0) is 17.8 Å². The molecule has 1 aliphatic rings. The van der Waals surface area contributed by atoms with Crippen molar-refractivity contribution < 1.29 is 4.74 Å². The summed E-state index contributed by atoms with van der Waals surface area (Å²) in [6.45, 7) is 12.5. The second kappa shape index (κ2) is 6.06. The summed E-state index contributed by atoms with van der Waals surface area (Å²) in [6.07, 6.45) is 4.35. The van der Waals surface area contributed by atoms with Gasteiger partial charge in [-0.15, -0.1) is 0 Å². The average Bonchev–Trinajstić information content (AvgIpc) is 2.69. The van der Waals surface area contributed by atoms with Crippen LogP contribution in [0.4, 0.5) is 0 Å². The Hall–Kier alpha value is -0.870. The number of hydrogen-bond acceptors (Lipinski definition) is 3. The number of aryl methyl sites for hydroxylation is 1. The number of hydrogen-bond donors (Lipinski definition) is 1. The highest BCUT2D eigenvalue weighted by atomic mass is 16.5. The van der Waals surface area contributed by atoms with Crippen molar-refractivity contribution in [3.63, 3.8) is 0 Å². The molecule has 0 unspecified atom stereocenters. The number of aromatic nitrogens is 2. The molecule has 1 N–H and O–H groups in total. The molecule has 0 atom stereocenters. The van der Waals surface area contributed by atoms with Gasteiger partial charge in [-0.05, 0) is 46.5 Å². The summed E-state index contributed by atoms with van der Waals surface area (Å²) >= 11 is 0. The minimum Gasteiger partial charge on any atom is -0.381 e. The van der Waals surface area contributed by atoms with Gasteiger partial charge in [0.05, 0.1) is 5.69 Å². The lowest BCUT2D eigenvalue weighted by Gasteiger charge is -2.25. The highest BCUT2D eigenvalue weighted by molar-refractivity contribution is 5.05. The maximum absolute atomic E-state index is 5.43. The molecule has 0 aromatic carbocycles. The fraction of sp³-hybridized carbons (Fsp3) is 0.800. The van der Waals surface area contributed by atoms with Crippen LogP contribution in [0.25, 0.3) is 0 Å². The van der Waals surface area contributed by atoms with Crippen LogP contribution in [0.2, 0.25) is 0 Å². The SMILES string of the molecule is Cc1ncc(CNC(C)(C)C)n1CC1CCOCC1. The van der Waals surface area contributed by atoms with E-state index in [4.69, 9.17) is 4.74 Å². The molecule has 0 radical (unpaired) electrons. The molecule has 0 amide bonds. The van der Waals surface area contributed by atoms with Gasteiger partial charge in [0.2, 0.25) is 0 Å². The third kappa shape index (κ3) is 4.32. The van der Waals surface area contributed by atoms with Crippen LogP contribution < -0.4 is 5.32 Å². The Kier molecular flexibility index (Phi) is 4.63. The van der Waals surface area contributed by atoms with Gasteiger partial charge in [-0.3, -0.25) is 0 Å². The quantitative estimate of drug-likeness (QED) is 0.909. The summed E-state index contributed by atoms with van der Waals surface area (Å²) in [7, 11) is 0. The first-order chi connectivity index (χ1) is 8.96. The highest BCUT2D eigenvalue weighted by Gasteiger charge is 2.18. The van der Waals surface area contributed by atoms with Crippen LogP contribution in [0.3, 0.4) is 0 Å². The van der Waals surface area contributed by atoms with Crippen molar-refractivity contribution in [1.29, 1.82) is 0 Å². The van der Waals surface area contributed by atoms with E-state index in [-0.39, 0.29) is 5.54 Å². The average molecular weight is 265 g/mol. The minimum atomic E-state index is 0.141. The van der Waals surface area contributed by atoms with Crippen molar-refractivity contribution >= 4 is 0 Å². The van der Waals surface area contributed by atoms with Gasteiger partial charge in [-0.2, -0.15) is 0 Å². The van der Waals surface area contributed by atoms with E-state index >= 15 is 0 Å². The Bertz CT molecular complexity index is 400. The minimum absolute atomic E-state index is 0.141. The number of nitrogens with one attached hydrogen (secondary N) is 1. The molecule has 2 rings (SSSR count). The van der Waals surface area contributed by atoms with Crippen molar-refractivity contribution in [2.45, 2.75) is 59.2 Å². The predicted octanol–water partition coefficient (Wildman–Crippen LogP) is 2.51. The second-order valence-corrected chi connectivity index (χ2v) is 6.57. The molecule has 0 bridgehead atoms. The lowest BCUT2D eigenvalue weighted by molar-refractivity contribution is 0.0608. The maximum Gasteiger partial charge on any atom is 0.105 e. The van der Waals surface area contributed by atoms with E-state index in [9.17, 15) is 0 Å². The molecule has 1 aliphatic heterocycles. The number of nitrogens with zero attached hydrogens (tertiary/aromatic N) is 2. The van der Waals surface area contributed by atoms with Gasteiger partial charge in [0.1, 0.15) is 5.82 Å². The number of imidazole rings is 1. The zero-order valence-corrected chi connectivity index (χ0v) is 12.7. The maximum atomic E-state index is 5.43. The van der Waals surface area contributed by atoms with E-state index < -0.39 is 0 Å². The van der Waals surface area contributed by atoms with Crippen LogP contribution in [-0.4, -0.2) is 28.3 Å². The van der Waals surface area contributed by atoms with Crippen molar-refractivity contribution in [1.82, 2.24) is 14.9 Å². The summed E-state index contributed by atoms with van der Waals surface area (Å²) < 4.78 is 7.80. The third-order valence-corrected chi connectivity index (χ3v) is 3.72. The molecule has 1 fully saturated rings. The van der Waals surface area contributed by atoms with Gasteiger partial charge in [-0.1, -0.05) is 0 Å². The zero-order chi connectivity index (χ0) is 13.9. The van der Waals surface area contributed by atoms with Crippen molar-refractivity contribution in [2.75, 3.05) is 13.2 Å². The highest BCUT2D eigenvalue weighted by Crippen LogP contribution is 2.19. The third-order valence-electron chi connectivity index (χ3n) is 3.72. The van der Waals surface area contributed by atoms with Gasteiger partial charge < -0.3 is 14.6 Å². The number of rotatable bonds is 4. The zero-order valence-electron chi connectivity index (χ0n) is 12.7. The summed E-state index contributed by atoms with van der Waals surface area (Å²) in [6, 6.07) is 0. The van der Waals surface area contributed by atoms with E-state index in [1.165, 1.54) is 18.5 Å². The van der Waals surface area contributed by atoms with Crippen LogP contribution in [0.15, 0.2) is 6.20 Å². The van der Waals surface area contributed by atoms with Gasteiger partial charge in [0, 0.05) is 38.0 Å². The monoisotopic (exact) mass is 265 g/mol. The molecule has 4 heteroatoms. The summed E-state index contributed by atoms with van der Waals surface area (Å²) in [5, 5.41) is 3.54. The predicted molar refractivity (Wildman–Crippen MR) is 77.1 cm³/mol. The molecular weight excluding hydrogens is 238 g/mol. The fourth-order valence-electron chi connectivity index (χ4n) is 2.45. The topological polar surface area (TPSA) is 39.1 Å². The van der Waals surface area contributed by atoms with E-state index in [0.717, 1.165) is 38.0 Å². The Balaban J connectivity index is 2.00. The Morgan fingerprint density at radius 1 is 1.37 bits per heavy atom. The van der Waals surface area contributed by atoms with Gasteiger partial charge in [0.25, 0.3) is 0 Å². The standard InChI is InChI=1S/C15H27N3O/c1-12-16-9-14(10-17-15(2,3)4)18(12)11-13-5-7-19-8-6-13/h9,13,17H,5-8,10-11H2,1-4H3. The van der Waals surface area contributed by atoms with Crippen LogP contribution >= 0.6 is 0 Å². The Morgan fingerprint density at radius 2 is 2.05 bits per heavy atom. The normalized spacial score (nSPS) is 17.9. The first-order valence-electron chi connectivity index (χ1n) is 7.29. The van der Waals surface area contributed by atoms with E-state index in [0.29, 0.717) is 0 Å². The fourth-order valence-corrected chi connectivity index (χ4v) is 2.45. The Labute approximate surface area is 116 Å². The van der Waals surface area contributed by atoms with Gasteiger partial charge in [0.15, 0.2) is 0 Å². The van der Waals surface area contributed by atoms with Crippen LogP contribution in [0, 0.1) is 12.8 Å². The first-order valence-corrected chi connectivity index (χ1v) is 7.29. The van der Waals surface area contributed by atoms with Crippen LogP contribution in [0.1, 0.15) is 45.1 Å². The molecule has 0 saturated carbocycles. The van der Waals surface area contributed by atoms with E-state index in [1.807, 2.05) is 6.20 Å². The second-order valence-electron chi connectivity index (χ2n) is 6.57. The summed E-state index contributed by atoms with van der Waals surface area (Å²) in [5.74, 6) is 1.85. The molecule has 1 saturated heterocycles. The molecular formula is C15H27N3O. The molecule has 4 nitrogen and oxygen atoms in total. The lowest BCUT2D eigenvalue weighted by atomic mass is 10.0. The molecule has 2 heterocycles. The molecule has 19 heavy (non-hydrogen) atoms. The Morgan fingerprint density at radius 3 is 2.68 bits per heavy atom. The molecule has 1 aromatic heterocycles. The first kappa shape index (κ1) is 14.5. The van der Waals surface area contributed by atoms with Crippen molar-refractivity contribution in [3.05, 3.63) is 17.7 Å². The number of ether oxygens (including phenoxy) is 1.